The molecule has 2 unspecified atom stereocenters. The summed E-state index contributed by atoms with van der Waals surface area (Å²) in [6.45, 7) is 0.781. The van der Waals surface area contributed by atoms with Crippen molar-refractivity contribution in [1.82, 2.24) is 9.55 Å². The van der Waals surface area contributed by atoms with Crippen LogP contribution < -0.4 is 5.32 Å². The fraction of sp³-hybridized carbons (Fsp3) is 0.167. The van der Waals surface area contributed by atoms with Crippen LogP contribution in [0, 0.1) is 0 Å². The van der Waals surface area contributed by atoms with E-state index >= 15 is 0 Å². The molecule has 0 bridgehead atoms. The minimum atomic E-state index is -0.399. The number of anilines is 1. The summed E-state index contributed by atoms with van der Waals surface area (Å²) in [7, 11) is 0. The van der Waals surface area contributed by atoms with Crippen LogP contribution in [0.2, 0.25) is 0 Å². The van der Waals surface area contributed by atoms with Crippen molar-refractivity contribution in [2.45, 2.75) is 25.0 Å². The highest BCUT2D eigenvalue weighted by Crippen LogP contribution is 2.43. The van der Waals surface area contributed by atoms with Crippen LogP contribution in [0.5, 0.6) is 0 Å². The molecule has 2 atom stereocenters. The number of carbonyl (C=O) groups is 1. The van der Waals surface area contributed by atoms with E-state index in [9.17, 15) is 4.79 Å². The van der Waals surface area contributed by atoms with Crippen molar-refractivity contribution in [2.75, 3.05) is 5.32 Å². The quantitative estimate of drug-likeness (QED) is 0.516. The maximum absolute atomic E-state index is 12.3. The predicted molar refractivity (Wildman–Crippen MR) is 113 cm³/mol. The Morgan fingerprint density at radius 1 is 1.07 bits per heavy atom. The molecule has 29 heavy (non-hydrogen) atoms. The number of carbonyl (C=O) groups excluding carboxylic acids is 1. The minimum absolute atomic E-state index is 0.0393. The van der Waals surface area contributed by atoms with E-state index in [1.807, 2.05) is 48.5 Å². The van der Waals surface area contributed by atoms with Crippen molar-refractivity contribution in [1.29, 1.82) is 0 Å². The fourth-order valence-electron chi connectivity index (χ4n) is 3.74. The molecule has 0 saturated heterocycles. The molecule has 1 aliphatic rings. The van der Waals surface area contributed by atoms with Gasteiger partial charge in [-0.1, -0.05) is 30.3 Å². The van der Waals surface area contributed by atoms with Gasteiger partial charge >= 0.3 is 6.09 Å². The lowest BCUT2D eigenvalue weighted by molar-refractivity contribution is 0.152. The zero-order chi connectivity index (χ0) is 19.6. The van der Waals surface area contributed by atoms with Gasteiger partial charge in [0.25, 0.3) is 0 Å². The van der Waals surface area contributed by atoms with Gasteiger partial charge in [0.2, 0.25) is 0 Å². The number of rotatable bonds is 5. The number of aromatic nitrogens is 2. The normalized spacial score (nSPS) is 17.8. The predicted octanol–water partition coefficient (Wildman–Crippen LogP) is 5.19. The number of pyridine rings is 1. The van der Waals surface area contributed by atoms with Crippen molar-refractivity contribution in [3.8, 4) is 0 Å². The van der Waals surface area contributed by atoms with E-state index < -0.39 is 6.09 Å². The van der Waals surface area contributed by atoms with E-state index in [1.54, 1.807) is 12.4 Å². The van der Waals surface area contributed by atoms with Gasteiger partial charge in [-0.3, -0.25) is 10.3 Å². The van der Waals surface area contributed by atoms with E-state index in [0.717, 1.165) is 29.6 Å². The van der Waals surface area contributed by atoms with Gasteiger partial charge in [-0.25, -0.2) is 4.79 Å². The molecule has 1 N–H and O–H groups in total. The van der Waals surface area contributed by atoms with Crippen LogP contribution in [0.4, 0.5) is 10.5 Å². The van der Waals surface area contributed by atoms with Crippen LogP contribution in [-0.2, 0) is 11.3 Å². The summed E-state index contributed by atoms with van der Waals surface area (Å²) in [5.41, 5.74) is 4.27. The highest BCUT2D eigenvalue weighted by molar-refractivity contribution is 5.90. The Kier molecular flexibility index (Phi) is 4.48. The number of fused-ring (bicyclic) bond motifs is 1. The zero-order valence-electron chi connectivity index (χ0n) is 15.9. The summed E-state index contributed by atoms with van der Waals surface area (Å²) in [4.78, 5) is 16.3. The molecule has 0 spiro atoms. The summed E-state index contributed by atoms with van der Waals surface area (Å²) in [5, 5.41) is 3.93. The number of benzene rings is 2. The van der Waals surface area contributed by atoms with E-state index in [0.29, 0.717) is 5.92 Å². The lowest BCUT2D eigenvalue weighted by atomic mass is 10.1. The molecule has 1 amide bonds. The average molecular weight is 383 g/mol. The van der Waals surface area contributed by atoms with Crippen molar-refractivity contribution < 1.29 is 9.53 Å². The van der Waals surface area contributed by atoms with E-state index in [1.165, 1.54) is 11.1 Å². The topological polar surface area (TPSA) is 56.2 Å². The zero-order valence-corrected chi connectivity index (χ0v) is 15.9. The van der Waals surface area contributed by atoms with Gasteiger partial charge in [0.15, 0.2) is 0 Å². The van der Waals surface area contributed by atoms with Crippen LogP contribution >= 0.6 is 0 Å². The molecule has 0 radical (unpaired) electrons. The molecular weight excluding hydrogens is 362 g/mol. The van der Waals surface area contributed by atoms with E-state index in [-0.39, 0.29) is 6.10 Å². The number of amides is 1. The third kappa shape index (κ3) is 3.85. The van der Waals surface area contributed by atoms with Crippen molar-refractivity contribution in [2.24, 2.45) is 0 Å². The number of hydrogen-bond donors (Lipinski definition) is 1. The van der Waals surface area contributed by atoms with Crippen molar-refractivity contribution in [3.05, 3.63) is 96.4 Å². The van der Waals surface area contributed by atoms with Gasteiger partial charge in [-0.05, 0) is 53.9 Å². The van der Waals surface area contributed by atoms with Gasteiger partial charge in [0.1, 0.15) is 6.10 Å². The Hall–Kier alpha value is -3.60. The molecule has 4 aromatic rings. The number of ether oxygens (including phenoxy) is 1. The largest absolute Gasteiger partial charge is 0.445 e. The lowest BCUT2D eigenvalue weighted by Gasteiger charge is -2.09. The summed E-state index contributed by atoms with van der Waals surface area (Å²) in [5.74, 6) is 0.312. The van der Waals surface area contributed by atoms with Gasteiger partial charge in [0, 0.05) is 47.6 Å². The summed E-state index contributed by atoms with van der Waals surface area (Å²) in [6, 6.07) is 22.2. The second-order valence-corrected chi connectivity index (χ2v) is 7.39. The fourth-order valence-corrected chi connectivity index (χ4v) is 3.74. The summed E-state index contributed by atoms with van der Waals surface area (Å²) in [6.07, 6.45) is 6.11. The number of nitrogens with one attached hydrogen (secondary N) is 1. The van der Waals surface area contributed by atoms with Gasteiger partial charge in [-0.15, -0.1) is 0 Å². The molecule has 1 aliphatic carbocycles. The molecule has 0 aliphatic heterocycles. The molecule has 2 aromatic carbocycles. The van der Waals surface area contributed by atoms with Crippen LogP contribution in [0.1, 0.15) is 23.5 Å². The van der Waals surface area contributed by atoms with Crippen LogP contribution in [0.3, 0.4) is 0 Å². The molecule has 1 fully saturated rings. The Labute approximate surface area is 169 Å². The van der Waals surface area contributed by atoms with Crippen LogP contribution in [-0.4, -0.2) is 21.7 Å². The summed E-state index contributed by atoms with van der Waals surface area (Å²) < 4.78 is 7.75. The average Bonchev–Trinajstić information content (AvgIpc) is 3.41. The first-order valence-corrected chi connectivity index (χ1v) is 9.77. The molecular formula is C24H21N3O2. The number of hydrogen-bond acceptors (Lipinski definition) is 3. The first-order valence-electron chi connectivity index (χ1n) is 9.77. The third-order valence-electron chi connectivity index (χ3n) is 5.34. The standard InChI is InChI=1S/C24H21N3O2/c28-24(29-23-15-21(23)18-4-2-1-3-5-18)26-20-6-7-22-19(14-20)10-13-27(22)16-17-8-11-25-12-9-17/h1-14,21,23H,15-16H2,(H,26,28). The minimum Gasteiger partial charge on any atom is -0.445 e. The first-order chi connectivity index (χ1) is 14.3. The lowest BCUT2D eigenvalue weighted by Crippen LogP contribution is -2.15. The Balaban J connectivity index is 1.23. The Morgan fingerprint density at radius 3 is 2.72 bits per heavy atom. The highest BCUT2D eigenvalue weighted by Gasteiger charge is 2.41. The maximum atomic E-state index is 12.3. The van der Waals surface area contributed by atoms with Gasteiger partial charge in [0.05, 0.1) is 0 Å². The van der Waals surface area contributed by atoms with Crippen molar-refractivity contribution >= 4 is 22.7 Å². The van der Waals surface area contributed by atoms with Crippen LogP contribution in [0.25, 0.3) is 10.9 Å². The molecule has 144 valence electrons. The number of nitrogens with zero attached hydrogens (tertiary/aromatic N) is 2. The smallest absolute Gasteiger partial charge is 0.411 e. The maximum Gasteiger partial charge on any atom is 0.411 e. The second kappa shape index (κ2) is 7.43. The highest BCUT2D eigenvalue weighted by atomic mass is 16.6. The second-order valence-electron chi connectivity index (χ2n) is 7.39. The van der Waals surface area contributed by atoms with Crippen molar-refractivity contribution in [3.63, 3.8) is 0 Å². The molecule has 1 saturated carbocycles. The molecule has 5 heteroatoms. The Bertz CT molecular complexity index is 1140. The molecule has 2 aromatic heterocycles. The summed E-state index contributed by atoms with van der Waals surface area (Å²) >= 11 is 0. The monoisotopic (exact) mass is 383 g/mol. The van der Waals surface area contributed by atoms with Gasteiger partial charge in [-0.2, -0.15) is 0 Å². The van der Waals surface area contributed by atoms with Crippen LogP contribution in [0.15, 0.2) is 85.3 Å². The van der Waals surface area contributed by atoms with E-state index in [2.05, 4.69) is 39.3 Å². The third-order valence-corrected chi connectivity index (χ3v) is 5.34. The SMILES string of the molecule is O=C(Nc1ccc2c(ccn2Cc2ccncc2)c1)OC1CC1c1ccccc1. The molecule has 5 nitrogen and oxygen atoms in total. The van der Waals surface area contributed by atoms with Gasteiger partial charge < -0.3 is 9.30 Å². The van der Waals surface area contributed by atoms with E-state index in [4.69, 9.17) is 4.74 Å². The first kappa shape index (κ1) is 17.5. The molecule has 2 heterocycles. The Morgan fingerprint density at radius 2 is 1.90 bits per heavy atom. The molecule has 5 rings (SSSR count).